The highest BCUT2D eigenvalue weighted by Gasteiger charge is 2.50. The number of likely N-dealkylation sites (tertiary alicyclic amines) is 1. The number of nitrogens with one attached hydrogen (secondary N) is 1. The summed E-state index contributed by atoms with van der Waals surface area (Å²) in [6.45, 7) is 5.22. The van der Waals surface area contributed by atoms with Gasteiger partial charge >= 0.3 is 6.18 Å². The van der Waals surface area contributed by atoms with Gasteiger partial charge in [-0.15, -0.1) is 5.10 Å². The summed E-state index contributed by atoms with van der Waals surface area (Å²) in [6.07, 6.45) is -3.57. The van der Waals surface area contributed by atoms with Gasteiger partial charge in [-0.2, -0.15) is 27.8 Å². The molecule has 0 radical (unpaired) electrons. The van der Waals surface area contributed by atoms with Gasteiger partial charge in [0.05, 0.1) is 39.3 Å². The first kappa shape index (κ1) is 36.8. The Hall–Kier alpha value is -6.14. The lowest BCUT2D eigenvalue weighted by Gasteiger charge is -2.39. The van der Waals surface area contributed by atoms with E-state index in [4.69, 9.17) is 21.3 Å². The second kappa shape index (κ2) is 13.6. The van der Waals surface area contributed by atoms with E-state index >= 15 is 0 Å². The molecular weight excluding hydrogens is 757 g/mol. The van der Waals surface area contributed by atoms with E-state index in [1.165, 1.54) is 27.8 Å². The van der Waals surface area contributed by atoms with E-state index in [-0.39, 0.29) is 65.3 Å². The van der Waals surface area contributed by atoms with Crippen molar-refractivity contribution < 1.29 is 32.6 Å². The Morgan fingerprint density at radius 1 is 1.05 bits per heavy atom. The molecule has 2 aliphatic rings. The van der Waals surface area contributed by atoms with E-state index in [1.807, 2.05) is 6.92 Å². The highest BCUT2D eigenvalue weighted by Crippen LogP contribution is 2.48. The fourth-order valence-corrected chi connectivity index (χ4v) is 7.68. The topological polar surface area (TPSA) is 175 Å². The molecule has 56 heavy (non-hydrogen) atoms. The summed E-state index contributed by atoms with van der Waals surface area (Å²) in [4.78, 5) is 56.2. The molecular formula is C37H32ClF3N10O5. The van der Waals surface area contributed by atoms with Gasteiger partial charge in [-0.3, -0.25) is 14.4 Å². The van der Waals surface area contributed by atoms with E-state index in [9.17, 15) is 32.7 Å². The molecule has 1 saturated heterocycles. The van der Waals surface area contributed by atoms with Crippen LogP contribution in [0.2, 0.25) is 5.02 Å². The molecule has 0 aliphatic carbocycles. The first-order valence-corrected chi connectivity index (χ1v) is 17.8. The van der Waals surface area contributed by atoms with Gasteiger partial charge < -0.3 is 24.6 Å². The number of hydrogen-bond donors (Lipinski definition) is 2. The molecule has 1 spiro atoms. The maximum absolute atomic E-state index is 14.5. The highest BCUT2D eigenvalue weighted by molar-refractivity contribution is 6.33. The number of fused-ring (bicyclic) bond motifs is 3. The van der Waals surface area contributed by atoms with Crippen LogP contribution in [0.15, 0.2) is 65.6 Å². The number of aryl methyl sites for hydroxylation is 2. The summed E-state index contributed by atoms with van der Waals surface area (Å²) in [5.74, 6) is 0.109. The molecule has 2 aliphatic heterocycles. The van der Waals surface area contributed by atoms with E-state index in [0.29, 0.717) is 22.9 Å². The number of carbonyl (C=O) groups excluding carboxylic acids is 2. The lowest BCUT2D eigenvalue weighted by molar-refractivity contribution is -0.137. The Morgan fingerprint density at radius 2 is 1.79 bits per heavy atom. The third kappa shape index (κ3) is 6.33. The molecule has 15 nitrogen and oxygen atoms in total. The number of aromatic nitrogens is 8. The quantitative estimate of drug-likeness (QED) is 0.223. The van der Waals surface area contributed by atoms with Crippen molar-refractivity contribution in [3.63, 3.8) is 0 Å². The molecule has 6 heterocycles. The summed E-state index contributed by atoms with van der Waals surface area (Å²) >= 11 is 6.16. The number of alkyl halides is 3. The fourth-order valence-electron chi connectivity index (χ4n) is 7.45. The number of aromatic hydroxyl groups is 1. The average Bonchev–Trinajstić information content (AvgIpc) is 3.84. The zero-order valence-electron chi connectivity index (χ0n) is 30.0. The number of ether oxygens (including phenoxy) is 1. The molecule has 8 rings (SSSR count). The van der Waals surface area contributed by atoms with Crippen LogP contribution in [-0.2, 0) is 27.9 Å². The number of hydrogen-bond acceptors (Lipinski definition) is 10. The molecule has 6 aromatic rings. The van der Waals surface area contributed by atoms with Crippen molar-refractivity contribution in [1.29, 1.82) is 0 Å². The Bertz CT molecular complexity index is 2610. The number of halogens is 4. The standard InChI is InChI=1S/C37H32ClF3N10O5/c1-19-31-29(36(56-19)12-15-48(16-13-36)34(55)30-27(52)5-4-14-42-30)33(54)51-35(49(31)18-28(53)44-26-11-8-23(17-25(26)38)37(39,40)41)45-32(47-51)22-6-9-24(10-7-22)50-21(3)43-20(2)46-50/h4-11,14,17,19,52H,12-13,15-16,18H2,1-3H3,(H,44,53)/t19-/m1/s1. The van der Waals surface area contributed by atoms with Gasteiger partial charge in [0, 0.05) is 24.8 Å². The lowest BCUT2D eigenvalue weighted by Crippen LogP contribution is -2.47. The Labute approximate surface area is 320 Å². The monoisotopic (exact) mass is 788 g/mol. The molecule has 2 aromatic carbocycles. The van der Waals surface area contributed by atoms with Crippen molar-refractivity contribution in [2.45, 2.75) is 58.0 Å². The second-order valence-corrected chi connectivity index (χ2v) is 14.0. The predicted molar refractivity (Wildman–Crippen MR) is 194 cm³/mol. The maximum atomic E-state index is 14.5. The Kier molecular flexibility index (Phi) is 8.91. The molecule has 4 aromatic heterocycles. The van der Waals surface area contributed by atoms with Crippen molar-refractivity contribution in [1.82, 2.24) is 43.8 Å². The third-order valence-electron chi connectivity index (χ3n) is 9.99. The average molecular weight is 789 g/mol. The summed E-state index contributed by atoms with van der Waals surface area (Å²) in [6, 6.07) is 12.6. The third-order valence-corrected chi connectivity index (χ3v) is 10.3. The molecule has 19 heteroatoms. The number of benzene rings is 2. The first-order valence-electron chi connectivity index (χ1n) is 17.5. The van der Waals surface area contributed by atoms with Gasteiger partial charge in [-0.1, -0.05) is 11.6 Å². The lowest BCUT2D eigenvalue weighted by atomic mass is 9.85. The summed E-state index contributed by atoms with van der Waals surface area (Å²) < 4.78 is 50.8. The number of nitrogens with zero attached hydrogens (tertiary/aromatic N) is 9. The SMILES string of the molecule is Cc1nc(C)n(-c2ccc(-c3nc4n(CC(=O)Nc5ccc(C(F)(F)F)cc5Cl)c5c(c(=O)n4n3)C3(CCN(C(=O)c4ncccc4O)CC3)O[C@@H]5C)cc2)n1. The minimum absolute atomic E-state index is 0.0231. The van der Waals surface area contributed by atoms with Gasteiger partial charge in [-0.25, -0.2) is 14.6 Å². The van der Waals surface area contributed by atoms with E-state index < -0.39 is 47.4 Å². The molecule has 1 atom stereocenters. The minimum Gasteiger partial charge on any atom is -0.505 e. The van der Waals surface area contributed by atoms with Gasteiger partial charge in [0.15, 0.2) is 11.5 Å². The zero-order valence-corrected chi connectivity index (χ0v) is 30.8. The van der Waals surface area contributed by atoms with Crippen molar-refractivity contribution in [2.75, 3.05) is 18.4 Å². The van der Waals surface area contributed by atoms with E-state index in [1.54, 1.807) is 42.8 Å². The predicted octanol–water partition coefficient (Wildman–Crippen LogP) is 5.39. The largest absolute Gasteiger partial charge is 0.505 e. The van der Waals surface area contributed by atoms with Crippen LogP contribution >= 0.6 is 11.6 Å². The number of pyridine rings is 1. The minimum atomic E-state index is -4.63. The van der Waals surface area contributed by atoms with E-state index in [0.717, 1.165) is 28.4 Å². The molecule has 2 amide bonds. The smallest absolute Gasteiger partial charge is 0.416 e. The Balaban J connectivity index is 1.18. The van der Waals surface area contributed by atoms with Crippen LogP contribution in [0, 0.1) is 13.8 Å². The van der Waals surface area contributed by atoms with Gasteiger partial charge in [0.25, 0.3) is 11.5 Å². The van der Waals surface area contributed by atoms with Crippen molar-refractivity contribution in [3.8, 4) is 22.8 Å². The molecule has 2 N–H and O–H groups in total. The van der Waals surface area contributed by atoms with Crippen molar-refractivity contribution >= 4 is 34.9 Å². The normalized spacial score (nSPS) is 16.4. The van der Waals surface area contributed by atoms with Gasteiger partial charge in [0.1, 0.15) is 29.5 Å². The molecule has 0 saturated carbocycles. The molecule has 0 unspecified atom stereocenters. The number of piperidine rings is 1. The van der Waals surface area contributed by atoms with Crippen LogP contribution in [-0.4, -0.2) is 73.8 Å². The number of amides is 2. The summed E-state index contributed by atoms with van der Waals surface area (Å²) in [5.41, 5.74) is -0.910. The number of anilines is 1. The second-order valence-electron chi connectivity index (χ2n) is 13.6. The number of rotatable bonds is 6. The van der Waals surface area contributed by atoms with Crippen LogP contribution in [0.5, 0.6) is 5.75 Å². The van der Waals surface area contributed by atoms with Crippen molar-refractivity contribution in [3.05, 3.63) is 110 Å². The Morgan fingerprint density at radius 3 is 2.43 bits per heavy atom. The van der Waals surface area contributed by atoms with Crippen LogP contribution in [0.4, 0.5) is 18.9 Å². The maximum Gasteiger partial charge on any atom is 0.416 e. The van der Waals surface area contributed by atoms with Crippen LogP contribution in [0.3, 0.4) is 0 Å². The van der Waals surface area contributed by atoms with E-state index in [2.05, 4.69) is 25.5 Å². The molecule has 288 valence electrons. The zero-order chi connectivity index (χ0) is 39.7. The summed E-state index contributed by atoms with van der Waals surface area (Å²) in [5, 5.41) is 21.5. The van der Waals surface area contributed by atoms with Crippen LogP contribution < -0.4 is 10.9 Å². The van der Waals surface area contributed by atoms with Gasteiger partial charge in [0.2, 0.25) is 11.7 Å². The van der Waals surface area contributed by atoms with Crippen LogP contribution in [0.25, 0.3) is 22.9 Å². The van der Waals surface area contributed by atoms with Gasteiger partial charge in [-0.05, 0) is 88.2 Å². The number of carbonyl (C=O) groups is 2. The van der Waals surface area contributed by atoms with Crippen molar-refractivity contribution in [2.24, 2.45) is 0 Å². The van der Waals surface area contributed by atoms with Crippen LogP contribution in [0.1, 0.15) is 64.8 Å². The first-order chi connectivity index (χ1) is 26.6. The molecule has 1 fully saturated rings. The highest BCUT2D eigenvalue weighted by atomic mass is 35.5. The fraction of sp³-hybridized carbons (Fsp3) is 0.297. The summed E-state index contributed by atoms with van der Waals surface area (Å²) in [7, 11) is 0. The molecule has 0 bridgehead atoms.